The van der Waals surface area contributed by atoms with Gasteiger partial charge in [-0.3, -0.25) is 0 Å². The molecule has 1 saturated carbocycles. The molecule has 0 bridgehead atoms. The molecule has 1 heteroatoms. The van der Waals surface area contributed by atoms with Gasteiger partial charge < -0.3 is 0 Å². The standard InChI is InChI=1S/C13H20S/c1-3-4-12(9-11-5-6-11)13-10(2)7-8-14-13/h7-8,11-12H,3-6,9H2,1-2H3. The maximum Gasteiger partial charge on any atom is 0.0105 e. The van der Waals surface area contributed by atoms with E-state index < -0.39 is 0 Å². The molecule has 1 aromatic rings. The van der Waals surface area contributed by atoms with Crippen molar-refractivity contribution in [3.8, 4) is 0 Å². The van der Waals surface area contributed by atoms with Gasteiger partial charge in [0, 0.05) is 4.88 Å². The summed E-state index contributed by atoms with van der Waals surface area (Å²) in [5, 5.41) is 2.25. The predicted molar refractivity (Wildman–Crippen MR) is 64.0 cm³/mol. The lowest BCUT2D eigenvalue weighted by Crippen LogP contribution is -1.99. The van der Waals surface area contributed by atoms with Crippen LogP contribution in [0.2, 0.25) is 0 Å². The highest BCUT2D eigenvalue weighted by atomic mass is 32.1. The first-order valence-corrected chi connectivity index (χ1v) is 6.73. The SMILES string of the molecule is CCCC(CC1CC1)c1sccc1C. The molecule has 0 aliphatic heterocycles. The molecule has 0 N–H and O–H groups in total. The van der Waals surface area contributed by atoms with Gasteiger partial charge >= 0.3 is 0 Å². The van der Waals surface area contributed by atoms with E-state index in [4.69, 9.17) is 0 Å². The Kier molecular flexibility index (Phi) is 3.27. The van der Waals surface area contributed by atoms with Crippen LogP contribution < -0.4 is 0 Å². The van der Waals surface area contributed by atoms with Crippen molar-refractivity contribution in [2.75, 3.05) is 0 Å². The highest BCUT2D eigenvalue weighted by Gasteiger charge is 2.26. The van der Waals surface area contributed by atoms with Crippen LogP contribution in [-0.2, 0) is 0 Å². The zero-order valence-corrected chi connectivity index (χ0v) is 10.1. The van der Waals surface area contributed by atoms with E-state index in [2.05, 4.69) is 25.3 Å². The van der Waals surface area contributed by atoms with Gasteiger partial charge in [-0.05, 0) is 48.6 Å². The number of rotatable bonds is 5. The van der Waals surface area contributed by atoms with Crippen molar-refractivity contribution in [1.29, 1.82) is 0 Å². The minimum absolute atomic E-state index is 0.868. The van der Waals surface area contributed by atoms with E-state index in [-0.39, 0.29) is 0 Å². The molecule has 0 aromatic carbocycles. The van der Waals surface area contributed by atoms with Gasteiger partial charge in [0.25, 0.3) is 0 Å². The maximum atomic E-state index is 2.31. The molecule has 1 aromatic heterocycles. The van der Waals surface area contributed by atoms with Crippen LogP contribution >= 0.6 is 11.3 Å². The molecule has 1 heterocycles. The second-order valence-corrected chi connectivity index (χ2v) is 5.58. The molecule has 0 radical (unpaired) electrons. The highest BCUT2D eigenvalue weighted by molar-refractivity contribution is 7.10. The van der Waals surface area contributed by atoms with Crippen molar-refractivity contribution in [3.63, 3.8) is 0 Å². The lowest BCUT2D eigenvalue weighted by Gasteiger charge is -2.15. The van der Waals surface area contributed by atoms with E-state index in [0.29, 0.717) is 0 Å². The minimum atomic E-state index is 0.868. The molecule has 0 saturated heterocycles. The average Bonchev–Trinajstić information content (AvgIpc) is 2.87. The van der Waals surface area contributed by atoms with E-state index in [1.54, 1.807) is 4.88 Å². The summed E-state index contributed by atoms with van der Waals surface area (Å²) in [6.07, 6.45) is 7.15. The van der Waals surface area contributed by atoms with E-state index >= 15 is 0 Å². The summed E-state index contributed by atoms with van der Waals surface area (Å²) in [5.74, 6) is 1.93. The van der Waals surface area contributed by atoms with Crippen LogP contribution in [0.5, 0.6) is 0 Å². The van der Waals surface area contributed by atoms with Gasteiger partial charge in [0.1, 0.15) is 0 Å². The zero-order chi connectivity index (χ0) is 9.97. The lowest BCUT2D eigenvalue weighted by molar-refractivity contribution is 0.539. The third-order valence-corrected chi connectivity index (χ3v) is 4.41. The van der Waals surface area contributed by atoms with Gasteiger partial charge in [0.15, 0.2) is 0 Å². The number of aryl methyl sites for hydroxylation is 1. The molecular formula is C13H20S. The van der Waals surface area contributed by atoms with Crippen molar-refractivity contribution in [3.05, 3.63) is 21.9 Å². The van der Waals surface area contributed by atoms with Crippen LogP contribution in [0.15, 0.2) is 11.4 Å². The highest BCUT2D eigenvalue weighted by Crippen LogP contribution is 2.42. The van der Waals surface area contributed by atoms with Gasteiger partial charge in [-0.25, -0.2) is 0 Å². The molecule has 14 heavy (non-hydrogen) atoms. The number of hydrogen-bond donors (Lipinski definition) is 0. The molecule has 1 fully saturated rings. The van der Waals surface area contributed by atoms with Crippen LogP contribution in [0.3, 0.4) is 0 Å². The van der Waals surface area contributed by atoms with Crippen molar-refractivity contribution in [1.82, 2.24) is 0 Å². The molecule has 0 spiro atoms. The summed E-state index contributed by atoms with van der Waals surface area (Å²) < 4.78 is 0. The van der Waals surface area contributed by atoms with E-state index in [1.165, 1.54) is 37.7 Å². The Morgan fingerprint density at radius 2 is 2.29 bits per heavy atom. The summed E-state index contributed by atoms with van der Waals surface area (Å²) in [6.45, 7) is 4.57. The summed E-state index contributed by atoms with van der Waals surface area (Å²) in [6, 6.07) is 2.27. The molecule has 1 atom stereocenters. The Labute approximate surface area is 91.4 Å². The zero-order valence-electron chi connectivity index (χ0n) is 9.25. The van der Waals surface area contributed by atoms with Crippen LogP contribution in [0.1, 0.15) is 55.4 Å². The minimum Gasteiger partial charge on any atom is -0.148 e. The maximum absolute atomic E-state index is 2.31. The fourth-order valence-corrected chi connectivity index (χ4v) is 3.34. The van der Waals surface area contributed by atoms with E-state index in [9.17, 15) is 0 Å². The van der Waals surface area contributed by atoms with E-state index in [1.807, 2.05) is 11.3 Å². The second kappa shape index (κ2) is 4.48. The Hall–Kier alpha value is -0.300. The van der Waals surface area contributed by atoms with E-state index in [0.717, 1.165) is 11.8 Å². The van der Waals surface area contributed by atoms with Crippen LogP contribution in [-0.4, -0.2) is 0 Å². The quantitative estimate of drug-likeness (QED) is 0.655. The summed E-state index contributed by atoms with van der Waals surface area (Å²) in [7, 11) is 0. The van der Waals surface area contributed by atoms with Gasteiger partial charge in [-0.15, -0.1) is 11.3 Å². The molecule has 78 valence electrons. The fraction of sp³-hybridized carbons (Fsp3) is 0.692. The third-order valence-electron chi connectivity index (χ3n) is 3.22. The van der Waals surface area contributed by atoms with Crippen LogP contribution in [0.25, 0.3) is 0 Å². The number of hydrogen-bond acceptors (Lipinski definition) is 1. The Morgan fingerprint density at radius 3 is 2.79 bits per heavy atom. The van der Waals surface area contributed by atoms with Gasteiger partial charge in [-0.1, -0.05) is 26.2 Å². The Morgan fingerprint density at radius 1 is 1.50 bits per heavy atom. The molecular weight excluding hydrogens is 188 g/mol. The first-order valence-electron chi connectivity index (χ1n) is 5.85. The van der Waals surface area contributed by atoms with Gasteiger partial charge in [0.2, 0.25) is 0 Å². The number of thiophene rings is 1. The summed E-state index contributed by atoms with van der Waals surface area (Å²) in [4.78, 5) is 1.67. The molecule has 1 unspecified atom stereocenters. The van der Waals surface area contributed by atoms with Crippen molar-refractivity contribution < 1.29 is 0 Å². The summed E-state index contributed by atoms with van der Waals surface area (Å²) >= 11 is 1.97. The fourth-order valence-electron chi connectivity index (χ4n) is 2.26. The van der Waals surface area contributed by atoms with Crippen LogP contribution in [0, 0.1) is 12.8 Å². The molecule has 1 aliphatic carbocycles. The predicted octanol–water partition coefficient (Wildman–Crippen LogP) is 4.74. The smallest absolute Gasteiger partial charge is 0.0105 e. The Bertz CT molecular complexity index is 283. The largest absolute Gasteiger partial charge is 0.148 e. The summed E-state index contributed by atoms with van der Waals surface area (Å²) in [5.41, 5.74) is 1.52. The molecule has 1 aliphatic rings. The first-order chi connectivity index (χ1) is 6.81. The van der Waals surface area contributed by atoms with Crippen molar-refractivity contribution in [2.45, 2.75) is 51.9 Å². The average molecular weight is 208 g/mol. The topological polar surface area (TPSA) is 0 Å². The first kappa shape index (κ1) is 10.2. The molecule has 0 amide bonds. The van der Waals surface area contributed by atoms with Crippen LogP contribution in [0.4, 0.5) is 0 Å². The van der Waals surface area contributed by atoms with Gasteiger partial charge in [0.05, 0.1) is 0 Å². The van der Waals surface area contributed by atoms with Gasteiger partial charge in [-0.2, -0.15) is 0 Å². The second-order valence-electron chi connectivity index (χ2n) is 4.63. The third kappa shape index (κ3) is 2.38. The van der Waals surface area contributed by atoms with Crippen molar-refractivity contribution >= 4 is 11.3 Å². The monoisotopic (exact) mass is 208 g/mol. The molecule has 2 rings (SSSR count). The lowest BCUT2D eigenvalue weighted by atomic mass is 9.93. The molecule has 0 nitrogen and oxygen atoms in total. The normalized spacial score (nSPS) is 18.4. The Balaban J connectivity index is 2.04. The van der Waals surface area contributed by atoms with Crippen molar-refractivity contribution in [2.24, 2.45) is 5.92 Å².